The predicted octanol–water partition coefficient (Wildman–Crippen LogP) is 7.09. The number of carbonyl (C=O) groups is 1. The van der Waals surface area contributed by atoms with Gasteiger partial charge in [-0.3, -0.25) is 4.79 Å². The van der Waals surface area contributed by atoms with E-state index < -0.39 is 6.29 Å². The summed E-state index contributed by atoms with van der Waals surface area (Å²) < 4.78 is 15.4. The van der Waals surface area contributed by atoms with Crippen molar-refractivity contribution in [2.45, 2.75) is 43.7 Å². The number of nitrogens with one attached hydrogen (secondary N) is 1. The molecule has 1 aliphatic heterocycles. The summed E-state index contributed by atoms with van der Waals surface area (Å²) in [6, 6.07) is 33.7. The van der Waals surface area contributed by atoms with Crippen LogP contribution in [0.1, 0.15) is 51.9 Å². The van der Waals surface area contributed by atoms with E-state index in [-0.39, 0.29) is 30.6 Å². The molecule has 230 valence electrons. The molecule has 0 unspecified atom stereocenters. The molecule has 1 saturated heterocycles. The van der Waals surface area contributed by atoms with E-state index in [1.54, 1.807) is 11.8 Å². The normalized spacial score (nSPS) is 19.7. The maximum absolute atomic E-state index is 12.6. The van der Waals surface area contributed by atoms with Gasteiger partial charge < -0.3 is 24.5 Å². The number of hydrogen-bond donors (Lipinski definition) is 2. The molecule has 45 heavy (non-hydrogen) atoms. The van der Waals surface area contributed by atoms with Crippen molar-refractivity contribution >= 4 is 17.7 Å². The molecule has 8 heteroatoms. The summed E-state index contributed by atoms with van der Waals surface area (Å²) in [5.41, 5.74) is 6.60. The molecule has 1 fully saturated rings. The second kappa shape index (κ2) is 14.3. The average molecular weight is 620 g/mol. The first-order valence-electron chi connectivity index (χ1n) is 15.1. The number of benzene rings is 4. The summed E-state index contributed by atoms with van der Waals surface area (Å²) in [6.07, 6.45) is 2.91. The van der Waals surface area contributed by atoms with Crippen LogP contribution in [-0.4, -0.2) is 32.4 Å². The van der Waals surface area contributed by atoms with Gasteiger partial charge in [-0.1, -0.05) is 97.5 Å². The number of ether oxygens (including phenoxy) is 2. The number of rotatable bonds is 10. The van der Waals surface area contributed by atoms with Crippen LogP contribution in [0.4, 0.5) is 0 Å². The zero-order valence-corrected chi connectivity index (χ0v) is 26.2. The van der Waals surface area contributed by atoms with Crippen LogP contribution in [0, 0.1) is 5.92 Å². The Morgan fingerprint density at radius 1 is 0.889 bits per heavy atom. The predicted molar refractivity (Wildman–Crippen MR) is 176 cm³/mol. The lowest BCUT2D eigenvalue weighted by molar-refractivity contribution is -0.268. The molecule has 0 radical (unpaired) electrons. The van der Waals surface area contributed by atoms with Crippen LogP contribution in [0.15, 0.2) is 121 Å². The average Bonchev–Trinajstić information content (AvgIpc) is 3.51. The third-order valence-corrected chi connectivity index (χ3v) is 9.33. The van der Waals surface area contributed by atoms with Gasteiger partial charge in [-0.25, -0.2) is 4.98 Å². The molecule has 1 amide bonds. The summed E-state index contributed by atoms with van der Waals surface area (Å²) in [4.78, 5) is 17.1. The van der Waals surface area contributed by atoms with E-state index in [1.807, 2.05) is 103 Å². The molecule has 4 aromatic carbocycles. The topological polar surface area (TPSA) is 85.6 Å². The lowest BCUT2D eigenvalue weighted by Crippen LogP contribution is -2.38. The maximum Gasteiger partial charge on any atom is 0.251 e. The molecular weight excluding hydrogens is 582 g/mol. The Morgan fingerprint density at radius 3 is 2.38 bits per heavy atom. The van der Waals surface area contributed by atoms with Crippen molar-refractivity contribution < 1.29 is 19.4 Å². The van der Waals surface area contributed by atoms with E-state index in [0.29, 0.717) is 12.1 Å². The Bertz CT molecular complexity index is 1720. The molecule has 2 heterocycles. The number of hydrogen-bond acceptors (Lipinski definition) is 6. The van der Waals surface area contributed by atoms with Crippen molar-refractivity contribution in [2.24, 2.45) is 13.0 Å². The molecule has 6 rings (SSSR count). The van der Waals surface area contributed by atoms with Crippen molar-refractivity contribution in [3.63, 3.8) is 0 Å². The maximum atomic E-state index is 12.6. The van der Waals surface area contributed by atoms with Crippen molar-refractivity contribution in [2.75, 3.05) is 5.75 Å². The summed E-state index contributed by atoms with van der Waals surface area (Å²) in [5, 5.41) is 13.5. The van der Waals surface area contributed by atoms with E-state index in [9.17, 15) is 9.90 Å². The molecule has 0 aliphatic carbocycles. The van der Waals surface area contributed by atoms with Crippen LogP contribution in [0.25, 0.3) is 11.1 Å². The quantitative estimate of drug-likeness (QED) is 0.162. The van der Waals surface area contributed by atoms with Crippen molar-refractivity contribution in [3.05, 3.63) is 143 Å². The first kappa shape index (κ1) is 30.8. The van der Waals surface area contributed by atoms with Crippen LogP contribution in [0.5, 0.6) is 0 Å². The first-order chi connectivity index (χ1) is 22.0. The summed E-state index contributed by atoms with van der Waals surface area (Å²) in [6.45, 7) is 2.60. The fourth-order valence-corrected chi connectivity index (χ4v) is 6.65. The Balaban J connectivity index is 1.22. The summed E-state index contributed by atoms with van der Waals surface area (Å²) in [7, 11) is 2.00. The van der Waals surface area contributed by atoms with Gasteiger partial charge >= 0.3 is 0 Å². The highest BCUT2D eigenvalue weighted by molar-refractivity contribution is 7.99. The highest BCUT2D eigenvalue weighted by Gasteiger charge is 2.38. The number of nitrogens with zero attached hydrogens (tertiary/aromatic N) is 2. The van der Waals surface area contributed by atoms with E-state index in [4.69, 9.17) is 9.47 Å². The van der Waals surface area contributed by atoms with Gasteiger partial charge in [0.1, 0.15) is 0 Å². The van der Waals surface area contributed by atoms with Gasteiger partial charge in [-0.15, -0.1) is 0 Å². The van der Waals surface area contributed by atoms with E-state index in [1.165, 1.54) is 0 Å². The summed E-state index contributed by atoms with van der Waals surface area (Å²) >= 11 is 1.68. The van der Waals surface area contributed by atoms with E-state index >= 15 is 0 Å². The Morgan fingerprint density at radius 2 is 1.64 bits per heavy atom. The minimum absolute atomic E-state index is 0.00339. The number of aliphatic hydroxyl groups excluding tert-OH is 1. The Labute approximate surface area is 268 Å². The fraction of sp³-hybridized carbons (Fsp3) is 0.243. The SMILES string of the molecule is C[C@@H]1[C@H](CSc2nccn2C)O[C@H](c2cccc(-c3cccc(CNC(=O)c4ccccc4)c3)c2)O[C@@H]1c1ccc(CO)cc1. The highest BCUT2D eigenvalue weighted by atomic mass is 32.2. The molecule has 0 saturated carbocycles. The zero-order chi connectivity index (χ0) is 31.2. The van der Waals surface area contributed by atoms with E-state index in [2.05, 4.69) is 41.5 Å². The highest BCUT2D eigenvalue weighted by Crippen LogP contribution is 2.43. The number of aromatic nitrogens is 2. The van der Waals surface area contributed by atoms with Crippen LogP contribution < -0.4 is 5.32 Å². The van der Waals surface area contributed by atoms with Crippen LogP contribution in [0.2, 0.25) is 0 Å². The van der Waals surface area contributed by atoms with Crippen LogP contribution in [-0.2, 0) is 29.7 Å². The van der Waals surface area contributed by atoms with Gasteiger partial charge in [0.25, 0.3) is 5.91 Å². The van der Waals surface area contributed by atoms with Crippen molar-refractivity contribution in [1.82, 2.24) is 14.9 Å². The van der Waals surface area contributed by atoms with Crippen LogP contribution >= 0.6 is 11.8 Å². The number of carbonyl (C=O) groups excluding carboxylic acids is 1. The molecule has 4 atom stereocenters. The van der Waals surface area contributed by atoms with Gasteiger partial charge in [-0.05, 0) is 52.1 Å². The largest absolute Gasteiger partial charge is 0.392 e. The number of aryl methyl sites for hydroxylation is 1. The van der Waals surface area contributed by atoms with Gasteiger partial charge in [0.05, 0.1) is 18.8 Å². The molecular formula is C37H37N3O4S. The van der Waals surface area contributed by atoms with Gasteiger partial charge in [-0.2, -0.15) is 0 Å². The molecule has 7 nitrogen and oxygen atoms in total. The van der Waals surface area contributed by atoms with Gasteiger partial charge in [0.2, 0.25) is 0 Å². The van der Waals surface area contributed by atoms with E-state index in [0.717, 1.165) is 44.3 Å². The number of thioether (sulfide) groups is 1. The minimum atomic E-state index is -0.566. The lowest BCUT2D eigenvalue weighted by atomic mass is 9.91. The second-order valence-electron chi connectivity index (χ2n) is 11.3. The molecule has 0 bridgehead atoms. The third-order valence-electron chi connectivity index (χ3n) is 8.19. The second-order valence-corrected chi connectivity index (χ2v) is 12.3. The zero-order valence-electron chi connectivity index (χ0n) is 25.4. The molecule has 0 spiro atoms. The molecule has 1 aromatic heterocycles. The van der Waals surface area contributed by atoms with Crippen molar-refractivity contribution in [1.29, 1.82) is 0 Å². The minimum Gasteiger partial charge on any atom is -0.392 e. The van der Waals surface area contributed by atoms with Crippen LogP contribution in [0.3, 0.4) is 0 Å². The number of imidazole rings is 1. The Kier molecular flexibility index (Phi) is 9.76. The summed E-state index contributed by atoms with van der Waals surface area (Å²) in [5.74, 6) is 0.716. The van der Waals surface area contributed by atoms with Crippen molar-refractivity contribution in [3.8, 4) is 11.1 Å². The van der Waals surface area contributed by atoms with Gasteiger partial charge in [0.15, 0.2) is 11.4 Å². The molecule has 2 N–H and O–H groups in total. The molecule has 5 aromatic rings. The van der Waals surface area contributed by atoms with Gasteiger partial charge in [0, 0.05) is 48.8 Å². The third kappa shape index (κ3) is 7.37. The number of aliphatic hydroxyl groups is 1. The standard InChI is InChI=1S/C37H37N3O4S/c1-25-33(24-45-37-38-18-19-40(37)2)43-36(44-34(25)28-16-14-26(23-41)15-17-28)32-13-7-12-31(21-32)30-11-6-8-27(20-30)22-39-35(42)29-9-4-3-5-10-29/h3-21,25,33-34,36,41H,22-24H2,1-2H3,(H,39,42)/t25-,33+,34+,36+/m1/s1. The first-order valence-corrected chi connectivity index (χ1v) is 16.1. The number of amides is 1. The Hall–Kier alpha value is -4.21. The monoisotopic (exact) mass is 619 g/mol. The smallest absolute Gasteiger partial charge is 0.251 e. The fourth-order valence-electron chi connectivity index (χ4n) is 5.56. The molecule has 1 aliphatic rings. The lowest BCUT2D eigenvalue weighted by Gasteiger charge is -2.41.